The molecule has 0 aliphatic carbocycles. The number of rotatable bonds is 4. The first-order chi connectivity index (χ1) is 10.9. The maximum absolute atomic E-state index is 4.90. The van der Waals surface area contributed by atoms with Crippen molar-refractivity contribution in [1.82, 2.24) is 19.9 Å². The number of imidazole rings is 1. The molecule has 118 valence electrons. The average Bonchev–Trinajstić information content (AvgIpc) is 3.18. The molecule has 0 radical (unpaired) electrons. The molecule has 0 bridgehead atoms. The van der Waals surface area contributed by atoms with Crippen LogP contribution in [-0.4, -0.2) is 38.1 Å². The van der Waals surface area contributed by atoms with E-state index < -0.39 is 0 Å². The fraction of sp³-hybridized carbons (Fsp3) is 0.647. The lowest BCUT2D eigenvalue weighted by Gasteiger charge is -2.25. The topological polar surface area (TPSA) is 42.7 Å². The first kappa shape index (κ1) is 14.5. The van der Waals surface area contributed by atoms with Crippen LogP contribution in [0.2, 0.25) is 0 Å². The fourth-order valence-electron chi connectivity index (χ4n) is 3.66. The van der Waals surface area contributed by atoms with Crippen LogP contribution in [0.3, 0.4) is 0 Å². The first-order valence-corrected chi connectivity index (χ1v) is 9.60. The summed E-state index contributed by atoms with van der Waals surface area (Å²) in [4.78, 5) is 9.51. The van der Waals surface area contributed by atoms with E-state index in [0.717, 1.165) is 35.9 Å². The molecule has 2 aliphatic heterocycles. The van der Waals surface area contributed by atoms with Crippen molar-refractivity contribution in [3.05, 3.63) is 24.2 Å². The van der Waals surface area contributed by atoms with Gasteiger partial charge in [0.15, 0.2) is 5.65 Å². The molecule has 4 rings (SSSR count). The van der Waals surface area contributed by atoms with Gasteiger partial charge in [-0.25, -0.2) is 9.97 Å². The van der Waals surface area contributed by atoms with E-state index in [1.165, 1.54) is 43.7 Å². The van der Waals surface area contributed by atoms with E-state index in [-0.39, 0.29) is 0 Å². The lowest BCUT2D eigenvalue weighted by Crippen LogP contribution is -2.37. The number of piperidine rings is 1. The standard InChI is InChI=1S/C17H24N4S/c1-2-8-18-13(5-1)12-21-16(11-14-6-4-10-22-14)20-15-7-3-9-19-17(15)21/h3,7,9,13-14,18H,1-2,4-6,8,10-12H2. The van der Waals surface area contributed by atoms with Crippen molar-refractivity contribution >= 4 is 22.9 Å². The minimum atomic E-state index is 0.572. The van der Waals surface area contributed by atoms with Crippen LogP contribution in [0.25, 0.3) is 11.2 Å². The van der Waals surface area contributed by atoms with Gasteiger partial charge in [0, 0.05) is 30.5 Å². The minimum absolute atomic E-state index is 0.572. The molecule has 4 heterocycles. The molecular formula is C17H24N4S. The summed E-state index contributed by atoms with van der Waals surface area (Å²) in [5, 5.41) is 4.41. The predicted octanol–water partition coefficient (Wildman–Crippen LogP) is 3.01. The smallest absolute Gasteiger partial charge is 0.160 e. The second kappa shape index (κ2) is 6.59. The van der Waals surface area contributed by atoms with Crippen LogP contribution in [0, 0.1) is 0 Å². The summed E-state index contributed by atoms with van der Waals surface area (Å²) < 4.78 is 2.39. The number of nitrogens with zero attached hydrogens (tertiary/aromatic N) is 3. The van der Waals surface area contributed by atoms with Crippen molar-refractivity contribution in [3.8, 4) is 0 Å². The van der Waals surface area contributed by atoms with Crippen LogP contribution in [0.1, 0.15) is 37.9 Å². The van der Waals surface area contributed by atoms with Gasteiger partial charge < -0.3 is 9.88 Å². The molecule has 0 saturated carbocycles. The Labute approximate surface area is 136 Å². The highest BCUT2D eigenvalue weighted by molar-refractivity contribution is 8.00. The lowest BCUT2D eigenvalue weighted by atomic mass is 10.0. The summed E-state index contributed by atoms with van der Waals surface area (Å²) >= 11 is 2.11. The number of nitrogens with one attached hydrogen (secondary N) is 1. The van der Waals surface area contributed by atoms with Gasteiger partial charge in [0.25, 0.3) is 0 Å². The third-order valence-electron chi connectivity index (χ3n) is 4.83. The van der Waals surface area contributed by atoms with Gasteiger partial charge in [0.1, 0.15) is 11.3 Å². The summed E-state index contributed by atoms with van der Waals surface area (Å²) in [6.07, 6.45) is 9.60. The largest absolute Gasteiger partial charge is 0.312 e. The van der Waals surface area contributed by atoms with Crippen molar-refractivity contribution in [2.75, 3.05) is 12.3 Å². The van der Waals surface area contributed by atoms with Crippen molar-refractivity contribution in [2.24, 2.45) is 0 Å². The van der Waals surface area contributed by atoms with Crippen LogP contribution < -0.4 is 5.32 Å². The summed E-state index contributed by atoms with van der Waals surface area (Å²) in [6, 6.07) is 4.66. The number of fused-ring (bicyclic) bond motifs is 1. The van der Waals surface area contributed by atoms with Crippen molar-refractivity contribution in [2.45, 2.75) is 56.4 Å². The number of aromatic nitrogens is 3. The Morgan fingerprint density at radius 3 is 3.09 bits per heavy atom. The molecular weight excluding hydrogens is 292 g/mol. The van der Waals surface area contributed by atoms with Gasteiger partial charge in [0.05, 0.1) is 0 Å². The zero-order chi connectivity index (χ0) is 14.8. The first-order valence-electron chi connectivity index (χ1n) is 8.55. The van der Waals surface area contributed by atoms with Crippen LogP contribution in [-0.2, 0) is 13.0 Å². The maximum atomic E-state index is 4.90. The average molecular weight is 316 g/mol. The highest BCUT2D eigenvalue weighted by Crippen LogP contribution is 2.29. The van der Waals surface area contributed by atoms with E-state index in [0.29, 0.717) is 6.04 Å². The normalized spacial score (nSPS) is 25.8. The van der Waals surface area contributed by atoms with E-state index in [2.05, 4.69) is 32.7 Å². The Balaban J connectivity index is 1.63. The van der Waals surface area contributed by atoms with E-state index >= 15 is 0 Å². The van der Waals surface area contributed by atoms with E-state index in [1.807, 2.05) is 12.3 Å². The molecule has 4 nitrogen and oxygen atoms in total. The Morgan fingerprint density at radius 1 is 1.27 bits per heavy atom. The van der Waals surface area contributed by atoms with Gasteiger partial charge in [-0.3, -0.25) is 0 Å². The molecule has 2 aromatic rings. The molecule has 2 atom stereocenters. The molecule has 1 N–H and O–H groups in total. The van der Waals surface area contributed by atoms with Gasteiger partial charge in [-0.1, -0.05) is 6.42 Å². The summed E-state index contributed by atoms with van der Waals surface area (Å²) in [5.41, 5.74) is 2.11. The van der Waals surface area contributed by atoms with Crippen LogP contribution in [0.4, 0.5) is 0 Å². The van der Waals surface area contributed by atoms with Gasteiger partial charge in [0.2, 0.25) is 0 Å². The third kappa shape index (κ3) is 3.01. The highest BCUT2D eigenvalue weighted by Gasteiger charge is 2.22. The molecule has 2 aliphatic rings. The zero-order valence-electron chi connectivity index (χ0n) is 13.0. The van der Waals surface area contributed by atoms with E-state index in [4.69, 9.17) is 4.98 Å². The minimum Gasteiger partial charge on any atom is -0.312 e. The fourth-order valence-corrected chi connectivity index (χ4v) is 4.93. The Morgan fingerprint density at radius 2 is 2.27 bits per heavy atom. The van der Waals surface area contributed by atoms with Gasteiger partial charge >= 0.3 is 0 Å². The second-order valence-electron chi connectivity index (χ2n) is 6.47. The number of pyridine rings is 1. The van der Waals surface area contributed by atoms with Crippen molar-refractivity contribution in [1.29, 1.82) is 0 Å². The Kier molecular flexibility index (Phi) is 4.35. The predicted molar refractivity (Wildman–Crippen MR) is 92.4 cm³/mol. The second-order valence-corrected chi connectivity index (χ2v) is 7.88. The molecule has 5 heteroatoms. The summed E-state index contributed by atoms with van der Waals surface area (Å²) in [5.74, 6) is 2.55. The number of hydrogen-bond acceptors (Lipinski definition) is 4. The van der Waals surface area contributed by atoms with Gasteiger partial charge in [-0.15, -0.1) is 0 Å². The molecule has 0 amide bonds. The Bertz CT molecular complexity index is 627. The lowest BCUT2D eigenvalue weighted by molar-refractivity contribution is 0.361. The van der Waals surface area contributed by atoms with Crippen LogP contribution >= 0.6 is 11.8 Å². The monoisotopic (exact) mass is 316 g/mol. The molecule has 2 fully saturated rings. The number of thioether (sulfide) groups is 1. The summed E-state index contributed by atoms with van der Waals surface area (Å²) in [7, 11) is 0. The van der Waals surface area contributed by atoms with Crippen molar-refractivity contribution < 1.29 is 0 Å². The maximum Gasteiger partial charge on any atom is 0.160 e. The van der Waals surface area contributed by atoms with Gasteiger partial charge in [-0.05, 0) is 50.1 Å². The molecule has 0 spiro atoms. The van der Waals surface area contributed by atoms with E-state index in [1.54, 1.807) is 0 Å². The zero-order valence-corrected chi connectivity index (χ0v) is 13.8. The van der Waals surface area contributed by atoms with Crippen LogP contribution in [0.15, 0.2) is 18.3 Å². The molecule has 2 aromatic heterocycles. The third-order valence-corrected chi connectivity index (χ3v) is 6.23. The molecule has 0 aromatic carbocycles. The molecule has 2 saturated heterocycles. The van der Waals surface area contributed by atoms with Crippen LogP contribution in [0.5, 0.6) is 0 Å². The quantitative estimate of drug-likeness (QED) is 0.941. The Hall–Kier alpha value is -1.07. The molecule has 22 heavy (non-hydrogen) atoms. The van der Waals surface area contributed by atoms with E-state index in [9.17, 15) is 0 Å². The van der Waals surface area contributed by atoms with Gasteiger partial charge in [-0.2, -0.15) is 11.8 Å². The van der Waals surface area contributed by atoms with Crippen molar-refractivity contribution in [3.63, 3.8) is 0 Å². The summed E-state index contributed by atoms with van der Waals surface area (Å²) in [6.45, 7) is 2.17. The highest BCUT2D eigenvalue weighted by atomic mass is 32.2. The molecule has 2 unspecified atom stereocenters. The number of hydrogen-bond donors (Lipinski definition) is 1. The SMILES string of the molecule is c1cnc2c(c1)nc(CC1CCCS1)n2CC1CCCCN1.